The minimum Gasteiger partial charge on any atom is -0.358 e. The van der Waals surface area contributed by atoms with Crippen LogP contribution in [0.5, 0.6) is 0 Å². The summed E-state index contributed by atoms with van der Waals surface area (Å²) < 4.78 is 0. The first-order valence-electron chi connectivity index (χ1n) is 11.1. The molecule has 0 fully saturated rings. The Hall–Kier alpha value is -3.39. The molecule has 168 valence electrons. The summed E-state index contributed by atoms with van der Waals surface area (Å²) in [4.78, 5) is 44.2. The number of carbonyl (C=O) groups is 3. The van der Waals surface area contributed by atoms with Crippen LogP contribution in [-0.2, 0) is 16.0 Å². The van der Waals surface area contributed by atoms with Gasteiger partial charge in [-0.2, -0.15) is 0 Å². The van der Waals surface area contributed by atoms with Gasteiger partial charge in [0.05, 0.1) is 11.1 Å². The van der Waals surface area contributed by atoms with Crippen molar-refractivity contribution in [3.05, 3.63) is 46.3 Å². The lowest BCUT2D eigenvalue weighted by molar-refractivity contribution is -0.110. The molecule has 1 aromatic heterocycles. The zero-order chi connectivity index (χ0) is 22.8. The molecule has 3 heterocycles. The number of anilines is 2. The molecule has 0 unspecified atom stereocenters. The molecule has 0 radical (unpaired) electrons. The van der Waals surface area contributed by atoms with Crippen LogP contribution in [0.1, 0.15) is 46.7 Å². The largest absolute Gasteiger partial charge is 0.358 e. The second kappa shape index (κ2) is 9.00. The maximum atomic E-state index is 13.2. The summed E-state index contributed by atoms with van der Waals surface area (Å²) in [6, 6.07) is 5.27. The first-order valence-corrected chi connectivity index (χ1v) is 11.1. The van der Waals surface area contributed by atoms with Crippen LogP contribution in [-0.4, -0.2) is 65.7 Å². The standard InChI is InChI=1S/C24H29N5O3/c1-4-28(5-2)10-11-29-9-8-20-22(24(29)32)15(3)21(26-20)13-18-17-12-16(25-14-30)6-7-19(17)27-23(18)31/h6-7,12-14,26H,4-5,8-11H2,1-3H3,(H,25,30)(H,27,31)/b18-13-. The monoisotopic (exact) mass is 435 g/mol. The fourth-order valence-corrected chi connectivity index (χ4v) is 4.46. The van der Waals surface area contributed by atoms with Gasteiger partial charge in [-0.05, 0) is 49.9 Å². The Morgan fingerprint density at radius 1 is 1.22 bits per heavy atom. The van der Waals surface area contributed by atoms with E-state index in [4.69, 9.17) is 0 Å². The van der Waals surface area contributed by atoms with E-state index < -0.39 is 0 Å². The first-order chi connectivity index (χ1) is 15.5. The minimum absolute atomic E-state index is 0.0468. The Balaban J connectivity index is 1.62. The van der Waals surface area contributed by atoms with Gasteiger partial charge < -0.3 is 25.4 Å². The van der Waals surface area contributed by atoms with Crippen LogP contribution < -0.4 is 10.6 Å². The van der Waals surface area contributed by atoms with Crippen molar-refractivity contribution in [2.45, 2.75) is 27.2 Å². The number of nitrogens with one attached hydrogen (secondary N) is 3. The molecular formula is C24H29N5O3. The van der Waals surface area contributed by atoms with Gasteiger partial charge in [-0.15, -0.1) is 0 Å². The van der Waals surface area contributed by atoms with Gasteiger partial charge in [-0.25, -0.2) is 0 Å². The third-order valence-corrected chi connectivity index (χ3v) is 6.40. The molecule has 8 nitrogen and oxygen atoms in total. The smallest absolute Gasteiger partial charge is 0.256 e. The Morgan fingerprint density at radius 3 is 2.72 bits per heavy atom. The summed E-state index contributed by atoms with van der Waals surface area (Å²) in [6.07, 6.45) is 3.17. The van der Waals surface area contributed by atoms with Crippen LogP contribution in [0.15, 0.2) is 18.2 Å². The number of likely N-dealkylation sites (N-methyl/N-ethyl adjacent to an activating group) is 1. The fraction of sp³-hybridized carbons (Fsp3) is 0.375. The van der Waals surface area contributed by atoms with Crippen LogP contribution in [0.25, 0.3) is 11.6 Å². The van der Waals surface area contributed by atoms with E-state index in [9.17, 15) is 14.4 Å². The molecule has 0 aliphatic carbocycles. The molecule has 4 rings (SSSR count). The Bertz CT molecular complexity index is 1100. The lowest BCUT2D eigenvalue weighted by Crippen LogP contribution is -2.42. The summed E-state index contributed by atoms with van der Waals surface area (Å²) in [5.74, 6) is -0.159. The van der Waals surface area contributed by atoms with E-state index in [1.165, 1.54) is 0 Å². The molecule has 3 amide bonds. The summed E-state index contributed by atoms with van der Waals surface area (Å²) in [5, 5.41) is 5.47. The van der Waals surface area contributed by atoms with Gasteiger partial charge >= 0.3 is 0 Å². The van der Waals surface area contributed by atoms with Crippen LogP contribution >= 0.6 is 0 Å². The van der Waals surface area contributed by atoms with Crippen molar-refractivity contribution in [3.8, 4) is 0 Å². The molecule has 2 aliphatic rings. The van der Waals surface area contributed by atoms with Crippen molar-refractivity contribution in [3.63, 3.8) is 0 Å². The molecular weight excluding hydrogens is 406 g/mol. The van der Waals surface area contributed by atoms with Crippen LogP contribution in [0.4, 0.5) is 11.4 Å². The third-order valence-electron chi connectivity index (χ3n) is 6.40. The highest BCUT2D eigenvalue weighted by molar-refractivity contribution is 6.35. The average molecular weight is 436 g/mol. The van der Waals surface area contributed by atoms with Crippen molar-refractivity contribution >= 4 is 41.2 Å². The van der Waals surface area contributed by atoms with E-state index >= 15 is 0 Å². The summed E-state index contributed by atoms with van der Waals surface area (Å²) in [5.41, 5.74) is 5.80. The topological polar surface area (TPSA) is 97.5 Å². The van der Waals surface area contributed by atoms with Gasteiger partial charge in [-0.1, -0.05) is 13.8 Å². The van der Waals surface area contributed by atoms with Gasteiger partial charge in [0.1, 0.15) is 0 Å². The Morgan fingerprint density at radius 2 is 2.00 bits per heavy atom. The number of carbonyl (C=O) groups excluding carboxylic acids is 3. The maximum Gasteiger partial charge on any atom is 0.256 e. The molecule has 32 heavy (non-hydrogen) atoms. The second-order valence-corrected chi connectivity index (χ2v) is 8.12. The number of rotatable bonds is 8. The minimum atomic E-state index is -0.206. The summed E-state index contributed by atoms with van der Waals surface area (Å²) in [6.45, 7) is 10.4. The zero-order valence-corrected chi connectivity index (χ0v) is 18.7. The van der Waals surface area contributed by atoms with E-state index in [1.807, 2.05) is 11.8 Å². The lowest BCUT2D eigenvalue weighted by Gasteiger charge is -2.29. The zero-order valence-electron chi connectivity index (χ0n) is 18.7. The van der Waals surface area contributed by atoms with Gasteiger partial charge in [0, 0.05) is 54.4 Å². The van der Waals surface area contributed by atoms with Gasteiger partial charge in [-0.3, -0.25) is 14.4 Å². The normalized spacial score (nSPS) is 16.4. The van der Waals surface area contributed by atoms with Crippen LogP contribution in [0.3, 0.4) is 0 Å². The maximum absolute atomic E-state index is 13.2. The number of aromatic amines is 1. The number of hydrogen-bond acceptors (Lipinski definition) is 4. The summed E-state index contributed by atoms with van der Waals surface area (Å²) in [7, 11) is 0. The number of amides is 3. The molecule has 0 atom stereocenters. The molecule has 2 aliphatic heterocycles. The van der Waals surface area contributed by atoms with Crippen molar-refractivity contribution in [2.75, 3.05) is 43.4 Å². The van der Waals surface area contributed by atoms with Crippen molar-refractivity contribution in [1.82, 2.24) is 14.8 Å². The number of benzene rings is 1. The molecule has 0 saturated heterocycles. The first kappa shape index (κ1) is 21.8. The molecule has 1 aromatic carbocycles. The van der Waals surface area contributed by atoms with E-state index in [0.717, 1.165) is 54.1 Å². The van der Waals surface area contributed by atoms with E-state index in [1.54, 1.807) is 24.3 Å². The van der Waals surface area contributed by atoms with Gasteiger partial charge in [0.2, 0.25) is 6.41 Å². The highest BCUT2D eigenvalue weighted by Gasteiger charge is 2.30. The predicted molar refractivity (Wildman–Crippen MR) is 126 cm³/mol. The SMILES string of the molecule is CCN(CC)CCN1CCc2[nH]c(/C=C3\C(=O)Nc4ccc(NC=O)cc43)c(C)c2C1=O. The molecule has 3 N–H and O–H groups in total. The molecule has 0 bridgehead atoms. The van der Waals surface area contributed by atoms with Crippen LogP contribution in [0, 0.1) is 6.92 Å². The predicted octanol–water partition coefficient (Wildman–Crippen LogP) is 2.72. The van der Waals surface area contributed by atoms with E-state index in [-0.39, 0.29) is 11.8 Å². The Kier molecular flexibility index (Phi) is 6.14. The van der Waals surface area contributed by atoms with E-state index in [2.05, 4.69) is 34.4 Å². The molecule has 2 aromatic rings. The fourth-order valence-electron chi connectivity index (χ4n) is 4.46. The summed E-state index contributed by atoms with van der Waals surface area (Å²) >= 11 is 0. The van der Waals surface area contributed by atoms with Crippen molar-refractivity contribution in [1.29, 1.82) is 0 Å². The average Bonchev–Trinajstić information content (AvgIpc) is 3.27. The lowest BCUT2D eigenvalue weighted by atomic mass is 10.0. The third kappa shape index (κ3) is 3.93. The Labute approximate surface area is 187 Å². The number of aromatic nitrogens is 1. The number of hydrogen-bond donors (Lipinski definition) is 3. The number of H-pyrrole nitrogens is 1. The molecule has 0 spiro atoms. The van der Waals surface area contributed by atoms with Crippen LogP contribution in [0.2, 0.25) is 0 Å². The van der Waals surface area contributed by atoms with Gasteiger partial charge in [0.15, 0.2) is 0 Å². The van der Waals surface area contributed by atoms with Crippen molar-refractivity contribution in [2.24, 2.45) is 0 Å². The number of nitrogens with zero attached hydrogens (tertiary/aromatic N) is 2. The quantitative estimate of drug-likeness (QED) is 0.439. The molecule has 8 heteroatoms. The molecule has 0 saturated carbocycles. The highest BCUT2D eigenvalue weighted by Crippen LogP contribution is 2.36. The van der Waals surface area contributed by atoms with E-state index in [0.29, 0.717) is 36.4 Å². The van der Waals surface area contributed by atoms with Crippen molar-refractivity contribution < 1.29 is 14.4 Å². The second-order valence-electron chi connectivity index (χ2n) is 8.12. The van der Waals surface area contributed by atoms with Gasteiger partial charge in [0.25, 0.3) is 11.8 Å². The highest BCUT2D eigenvalue weighted by atomic mass is 16.2. The number of fused-ring (bicyclic) bond motifs is 2.